The number of benzene rings is 5. The van der Waals surface area contributed by atoms with Gasteiger partial charge in [-0.3, -0.25) is 9.98 Å². The van der Waals surface area contributed by atoms with Gasteiger partial charge < -0.3 is 15.0 Å². The maximum absolute atomic E-state index is 13.8. The van der Waals surface area contributed by atoms with Crippen molar-refractivity contribution < 1.29 is 15.0 Å². The van der Waals surface area contributed by atoms with Crippen molar-refractivity contribution >= 4 is 53.7 Å². The Morgan fingerprint density at radius 3 is 1.02 bits per heavy atom. The smallest absolute Gasteiger partial charge is 0.872 e. The van der Waals surface area contributed by atoms with Crippen LogP contribution in [0.15, 0.2) is 125 Å². The number of hydrogen-bond acceptors (Lipinski definition) is 5. The van der Waals surface area contributed by atoms with Gasteiger partial charge in [0.25, 0.3) is 0 Å². The maximum atomic E-state index is 13.8. The third kappa shape index (κ3) is 12.4. The molecule has 0 heterocycles. The zero-order valence-electron chi connectivity index (χ0n) is 36.9. The molecule has 0 aliphatic carbocycles. The summed E-state index contributed by atoms with van der Waals surface area (Å²) < 4.78 is 0. The molecule has 0 saturated heterocycles. The summed E-state index contributed by atoms with van der Waals surface area (Å²) in [5.41, 5.74) is 4.66. The Morgan fingerprint density at radius 1 is 0.466 bits per heavy atom. The summed E-state index contributed by atoms with van der Waals surface area (Å²) in [5, 5.41) is 28.9. The van der Waals surface area contributed by atoms with Crippen LogP contribution in [0.1, 0.15) is 123 Å². The number of rotatable bonds is 9. The zero-order valence-corrected chi connectivity index (χ0v) is 39.1. The van der Waals surface area contributed by atoms with E-state index in [1.807, 2.05) is 103 Å². The van der Waals surface area contributed by atoms with E-state index in [2.05, 4.69) is 105 Å². The molecule has 5 aromatic rings. The van der Waals surface area contributed by atoms with Gasteiger partial charge in [-0.1, -0.05) is 225 Å². The van der Waals surface area contributed by atoms with Crippen molar-refractivity contribution in [3.63, 3.8) is 0 Å². The summed E-state index contributed by atoms with van der Waals surface area (Å²) in [6, 6.07) is 37.3. The van der Waals surface area contributed by atoms with Gasteiger partial charge in [-0.15, -0.1) is 0 Å². The monoisotopic (exact) mass is 806 g/mol. The summed E-state index contributed by atoms with van der Waals surface area (Å²) >= 11 is 0. The standard InChI is InChI=1S/C33H50N2O2.C18H15OSi.Al/c1-30(2,3)24-16-22(28(36)26(18-24)32(7,8)9)20-34-14-13-15-35-21-23-17-25(31(4,5)6)19-27(29(23)37)33(10,11)12;19-20(16-10-4-1-5-11-16,17-12-6-2-7-13-17)18-14-8-3-9-15-18;/h16-21,36-37H,13-15H2,1-12H3;1-15H;/q;-1;+3/p-2. The molecule has 0 aliphatic rings. The summed E-state index contributed by atoms with van der Waals surface area (Å²) in [4.78, 5) is 22.9. The Morgan fingerprint density at radius 2 is 0.759 bits per heavy atom. The van der Waals surface area contributed by atoms with Gasteiger partial charge in [-0.05, 0) is 61.5 Å². The van der Waals surface area contributed by atoms with Crippen molar-refractivity contribution in [2.75, 3.05) is 13.1 Å². The summed E-state index contributed by atoms with van der Waals surface area (Å²) in [5.74, 6) is 0.109. The van der Waals surface area contributed by atoms with Crippen molar-refractivity contribution in [2.24, 2.45) is 9.98 Å². The third-order valence-electron chi connectivity index (χ3n) is 10.2. The Balaban J connectivity index is 0.000000358. The predicted molar refractivity (Wildman–Crippen MR) is 246 cm³/mol. The van der Waals surface area contributed by atoms with Crippen LogP contribution in [0.2, 0.25) is 0 Å². The van der Waals surface area contributed by atoms with Crippen molar-refractivity contribution in [2.45, 2.75) is 111 Å². The molecule has 5 aromatic carbocycles. The van der Waals surface area contributed by atoms with Gasteiger partial charge >= 0.3 is 17.4 Å². The molecule has 0 aliphatic heterocycles. The number of nitrogens with zero attached hydrogens (tertiary/aromatic N) is 2. The van der Waals surface area contributed by atoms with Crippen molar-refractivity contribution in [1.82, 2.24) is 0 Å². The average molecular weight is 807 g/mol. The van der Waals surface area contributed by atoms with Gasteiger partial charge in [0, 0.05) is 25.5 Å². The van der Waals surface area contributed by atoms with Gasteiger partial charge in [0.15, 0.2) is 0 Å². The largest absolute Gasteiger partial charge is 3.00 e. The van der Waals surface area contributed by atoms with Crippen LogP contribution < -0.4 is 30.6 Å². The van der Waals surface area contributed by atoms with Gasteiger partial charge in [-0.25, -0.2) is 0 Å². The fraction of sp³-hybridized carbons (Fsp3) is 0.373. The van der Waals surface area contributed by atoms with Crippen LogP contribution in [0.3, 0.4) is 0 Å². The second kappa shape index (κ2) is 19.7. The van der Waals surface area contributed by atoms with E-state index < -0.39 is 8.32 Å². The molecule has 7 heteroatoms. The van der Waals surface area contributed by atoms with Crippen LogP contribution in [-0.2, 0) is 21.7 Å². The van der Waals surface area contributed by atoms with Gasteiger partial charge in [0.2, 0.25) is 0 Å². The first-order chi connectivity index (χ1) is 26.5. The van der Waals surface area contributed by atoms with Crippen molar-refractivity contribution in [1.29, 1.82) is 0 Å². The van der Waals surface area contributed by atoms with Crippen molar-refractivity contribution in [3.8, 4) is 11.5 Å². The van der Waals surface area contributed by atoms with E-state index in [9.17, 15) is 15.0 Å². The molecule has 0 bridgehead atoms. The molecule has 58 heavy (non-hydrogen) atoms. The molecule has 0 spiro atoms. The number of hydrogen-bond donors (Lipinski definition) is 0. The van der Waals surface area contributed by atoms with E-state index in [-0.39, 0.29) is 50.5 Å². The predicted octanol–water partition coefficient (Wildman–Crippen LogP) is 7.58. The van der Waals surface area contributed by atoms with Crippen LogP contribution in [0.4, 0.5) is 0 Å². The Bertz CT molecular complexity index is 1930. The molecule has 0 amide bonds. The minimum atomic E-state index is -3.13. The van der Waals surface area contributed by atoms with Gasteiger partial charge in [0.1, 0.15) is 0 Å². The third-order valence-corrected chi connectivity index (χ3v) is 13.6. The first kappa shape index (κ1) is 48.1. The SMILES string of the molecule is CC(C)(C)c1cc(C=NCCCN=Cc2cc(C(C)(C)C)cc(C(C)(C)C)c2[O-])c([O-])c(C(C)(C)C)c1.[Al+3].[O-][Si](c1ccccc1)(c1ccccc1)c1ccccc1. The molecular formula is C51H63AlN2O3Si. The van der Waals surface area contributed by atoms with Crippen LogP contribution in [-0.4, -0.2) is 51.2 Å². The second-order valence-electron chi connectivity index (χ2n) is 19.1. The van der Waals surface area contributed by atoms with Crippen LogP contribution in [0, 0.1) is 0 Å². The van der Waals surface area contributed by atoms with E-state index in [4.69, 9.17) is 0 Å². The quantitative estimate of drug-likeness (QED) is 0.0666. The molecule has 5 nitrogen and oxygen atoms in total. The number of aliphatic imine (C=N–C) groups is 2. The molecule has 0 radical (unpaired) electrons. The molecule has 0 unspecified atom stereocenters. The summed E-state index contributed by atoms with van der Waals surface area (Å²) in [7, 11) is -3.13. The summed E-state index contributed by atoms with van der Waals surface area (Å²) in [6.07, 6.45) is 4.18. The van der Waals surface area contributed by atoms with Gasteiger partial charge in [0.05, 0.1) is 8.32 Å². The van der Waals surface area contributed by atoms with Gasteiger partial charge in [-0.2, -0.15) is 0 Å². The van der Waals surface area contributed by atoms with E-state index >= 15 is 0 Å². The zero-order chi connectivity index (χ0) is 42.2. The minimum Gasteiger partial charge on any atom is -0.872 e. The molecule has 0 N–H and O–H groups in total. The van der Waals surface area contributed by atoms with E-state index in [0.29, 0.717) is 24.2 Å². The molecule has 302 valence electrons. The molecular weight excluding hydrogens is 744 g/mol. The second-order valence-corrected chi connectivity index (χ2v) is 22.2. The molecule has 5 rings (SSSR count). The maximum Gasteiger partial charge on any atom is 3.00 e. The minimum absolute atomic E-state index is 0. The van der Waals surface area contributed by atoms with Crippen molar-refractivity contribution in [3.05, 3.63) is 149 Å². The Labute approximate surface area is 361 Å². The fourth-order valence-electron chi connectivity index (χ4n) is 6.57. The molecule has 0 atom stereocenters. The molecule has 0 aromatic heterocycles. The topological polar surface area (TPSA) is 93.9 Å². The molecule has 0 saturated carbocycles. The van der Waals surface area contributed by atoms with E-state index in [1.165, 1.54) is 0 Å². The Hall–Kier alpha value is -4.25. The van der Waals surface area contributed by atoms with Crippen LogP contribution in [0.25, 0.3) is 0 Å². The van der Waals surface area contributed by atoms with E-state index in [0.717, 1.165) is 44.2 Å². The fourth-order valence-corrected chi connectivity index (χ4v) is 9.56. The molecule has 0 fully saturated rings. The Kier molecular flexibility index (Phi) is 16.3. The summed E-state index contributed by atoms with van der Waals surface area (Å²) in [6.45, 7) is 26.5. The first-order valence-electron chi connectivity index (χ1n) is 20.1. The van der Waals surface area contributed by atoms with Crippen LogP contribution >= 0.6 is 0 Å². The van der Waals surface area contributed by atoms with Crippen LogP contribution in [0.5, 0.6) is 11.5 Å². The normalized spacial score (nSPS) is 12.6. The van der Waals surface area contributed by atoms with E-state index in [1.54, 1.807) is 12.4 Å². The first-order valence-corrected chi connectivity index (χ1v) is 22.0. The average Bonchev–Trinajstić information content (AvgIpc) is 3.14.